The Labute approximate surface area is 112 Å². The number of hydrogen-bond donors (Lipinski definition) is 1. The second kappa shape index (κ2) is 5.86. The van der Waals surface area contributed by atoms with Gasteiger partial charge in [0.25, 0.3) is 0 Å². The lowest BCUT2D eigenvalue weighted by Crippen LogP contribution is -2.62. The van der Waals surface area contributed by atoms with Crippen molar-refractivity contribution in [1.29, 1.82) is 0 Å². The van der Waals surface area contributed by atoms with E-state index < -0.39 is 0 Å². The normalized spacial score (nSPS) is 23.6. The Morgan fingerprint density at radius 1 is 1.37 bits per heavy atom. The van der Waals surface area contributed by atoms with E-state index in [0.29, 0.717) is 13.0 Å². The highest BCUT2D eigenvalue weighted by Gasteiger charge is 2.36. The number of piperazine rings is 1. The highest BCUT2D eigenvalue weighted by atomic mass is 16.2. The average Bonchev–Trinajstić information content (AvgIpc) is 2.91. The fourth-order valence-electron chi connectivity index (χ4n) is 2.31. The maximum atomic E-state index is 12.2. The minimum absolute atomic E-state index is 0.0280. The molecule has 2 rings (SSSR count). The molecule has 0 saturated carbocycles. The van der Waals surface area contributed by atoms with Crippen LogP contribution in [-0.4, -0.2) is 44.9 Å². The topological polar surface area (TPSA) is 67.2 Å². The molecule has 6 heteroatoms. The number of rotatable bonds is 5. The zero-order chi connectivity index (χ0) is 13.8. The molecule has 2 unspecified atom stereocenters. The highest BCUT2D eigenvalue weighted by Crippen LogP contribution is 2.12. The Morgan fingerprint density at radius 3 is 2.79 bits per heavy atom. The molecule has 2 heterocycles. The molecule has 0 spiro atoms. The summed E-state index contributed by atoms with van der Waals surface area (Å²) in [5.74, 6) is -0.0330. The number of amides is 2. The SMILES string of the molecule is CCC1NC(=O)C(C)N(CCCn2ccnc2)C1=O. The molecule has 1 fully saturated rings. The summed E-state index contributed by atoms with van der Waals surface area (Å²) in [6.45, 7) is 5.08. The summed E-state index contributed by atoms with van der Waals surface area (Å²) in [5, 5.41) is 2.75. The van der Waals surface area contributed by atoms with Gasteiger partial charge in [0, 0.05) is 25.5 Å². The van der Waals surface area contributed by atoms with Crippen molar-refractivity contribution in [2.45, 2.75) is 45.3 Å². The van der Waals surface area contributed by atoms with Crippen molar-refractivity contribution in [3.63, 3.8) is 0 Å². The molecule has 0 bridgehead atoms. The lowest BCUT2D eigenvalue weighted by Gasteiger charge is -2.37. The van der Waals surface area contributed by atoms with Gasteiger partial charge in [-0.15, -0.1) is 0 Å². The van der Waals surface area contributed by atoms with Crippen molar-refractivity contribution >= 4 is 11.8 Å². The van der Waals surface area contributed by atoms with Crippen LogP contribution >= 0.6 is 0 Å². The molecule has 0 radical (unpaired) electrons. The third-order valence-corrected chi connectivity index (χ3v) is 3.53. The van der Waals surface area contributed by atoms with Crippen molar-refractivity contribution < 1.29 is 9.59 Å². The molecule has 1 N–H and O–H groups in total. The minimum atomic E-state index is -0.377. The molecular weight excluding hydrogens is 244 g/mol. The first-order valence-corrected chi connectivity index (χ1v) is 6.70. The van der Waals surface area contributed by atoms with Gasteiger partial charge in [-0.05, 0) is 19.8 Å². The molecule has 2 amide bonds. The van der Waals surface area contributed by atoms with Crippen LogP contribution in [0.3, 0.4) is 0 Å². The summed E-state index contributed by atoms with van der Waals surface area (Å²) in [4.78, 5) is 29.6. The molecule has 104 valence electrons. The van der Waals surface area contributed by atoms with Gasteiger partial charge in [-0.2, -0.15) is 0 Å². The molecule has 6 nitrogen and oxygen atoms in total. The van der Waals surface area contributed by atoms with Gasteiger partial charge in [0.15, 0.2) is 0 Å². The molecule has 2 atom stereocenters. The summed E-state index contributed by atoms with van der Waals surface area (Å²) in [6, 6.07) is -0.741. The number of imidazole rings is 1. The van der Waals surface area contributed by atoms with Gasteiger partial charge in [0.1, 0.15) is 12.1 Å². The Hall–Kier alpha value is -1.85. The zero-order valence-corrected chi connectivity index (χ0v) is 11.4. The van der Waals surface area contributed by atoms with Gasteiger partial charge in [-0.1, -0.05) is 6.92 Å². The lowest BCUT2D eigenvalue weighted by atomic mass is 10.1. The van der Waals surface area contributed by atoms with Crippen molar-refractivity contribution in [3.05, 3.63) is 18.7 Å². The summed E-state index contributed by atoms with van der Waals surface area (Å²) < 4.78 is 1.97. The number of aromatic nitrogens is 2. The maximum Gasteiger partial charge on any atom is 0.245 e. The Balaban J connectivity index is 1.92. The van der Waals surface area contributed by atoms with E-state index in [2.05, 4.69) is 10.3 Å². The third-order valence-electron chi connectivity index (χ3n) is 3.53. The number of carbonyl (C=O) groups excluding carboxylic acids is 2. The molecule has 1 aromatic heterocycles. The monoisotopic (exact) mass is 264 g/mol. The van der Waals surface area contributed by atoms with Crippen LogP contribution in [0.1, 0.15) is 26.7 Å². The molecule has 0 aliphatic carbocycles. The first-order chi connectivity index (χ1) is 9.13. The van der Waals surface area contributed by atoms with Crippen LogP contribution in [0.15, 0.2) is 18.7 Å². The number of aryl methyl sites for hydroxylation is 1. The van der Waals surface area contributed by atoms with Crippen LogP contribution in [0, 0.1) is 0 Å². The second-order valence-electron chi connectivity index (χ2n) is 4.83. The first-order valence-electron chi connectivity index (χ1n) is 6.70. The van der Waals surface area contributed by atoms with E-state index in [4.69, 9.17) is 0 Å². The quantitative estimate of drug-likeness (QED) is 0.837. The van der Waals surface area contributed by atoms with Crippen LogP contribution in [0.5, 0.6) is 0 Å². The number of carbonyl (C=O) groups is 2. The highest BCUT2D eigenvalue weighted by molar-refractivity contribution is 5.96. The van der Waals surface area contributed by atoms with E-state index >= 15 is 0 Å². The fraction of sp³-hybridized carbons (Fsp3) is 0.615. The zero-order valence-electron chi connectivity index (χ0n) is 11.4. The van der Waals surface area contributed by atoms with E-state index in [0.717, 1.165) is 13.0 Å². The number of nitrogens with zero attached hydrogens (tertiary/aromatic N) is 3. The summed E-state index contributed by atoms with van der Waals surface area (Å²) in [7, 11) is 0. The van der Waals surface area contributed by atoms with Gasteiger partial charge >= 0.3 is 0 Å². The Bertz CT molecular complexity index is 444. The largest absolute Gasteiger partial charge is 0.343 e. The van der Waals surface area contributed by atoms with Crippen LogP contribution in [0.4, 0.5) is 0 Å². The summed E-state index contributed by atoms with van der Waals surface area (Å²) in [5.41, 5.74) is 0. The van der Waals surface area contributed by atoms with Crippen LogP contribution in [-0.2, 0) is 16.1 Å². The third kappa shape index (κ3) is 2.94. The minimum Gasteiger partial charge on any atom is -0.343 e. The van der Waals surface area contributed by atoms with E-state index in [1.165, 1.54) is 0 Å². The Morgan fingerprint density at radius 2 is 2.16 bits per heavy atom. The summed E-state index contributed by atoms with van der Waals surface area (Å²) in [6.07, 6.45) is 6.83. The van der Waals surface area contributed by atoms with Crippen molar-refractivity contribution in [2.24, 2.45) is 0 Å². The first kappa shape index (κ1) is 13.6. The molecule has 1 aliphatic rings. The average molecular weight is 264 g/mol. The van der Waals surface area contributed by atoms with E-state index in [-0.39, 0.29) is 23.9 Å². The predicted octanol–water partition coefficient (Wildman–Crippen LogP) is 0.399. The number of hydrogen-bond acceptors (Lipinski definition) is 3. The molecule has 1 aliphatic heterocycles. The van der Waals surface area contributed by atoms with Crippen molar-refractivity contribution in [3.8, 4) is 0 Å². The molecule has 0 aromatic carbocycles. The summed E-state index contributed by atoms with van der Waals surface area (Å²) >= 11 is 0. The van der Waals surface area contributed by atoms with Gasteiger partial charge in [-0.25, -0.2) is 4.98 Å². The van der Waals surface area contributed by atoms with Crippen LogP contribution in [0.25, 0.3) is 0 Å². The van der Waals surface area contributed by atoms with E-state index in [1.54, 1.807) is 24.3 Å². The van der Waals surface area contributed by atoms with E-state index in [9.17, 15) is 9.59 Å². The molecular formula is C13H20N4O2. The van der Waals surface area contributed by atoms with Gasteiger partial charge in [0.2, 0.25) is 11.8 Å². The predicted molar refractivity (Wildman–Crippen MR) is 70.2 cm³/mol. The Kier molecular flexibility index (Phi) is 4.19. The molecule has 1 saturated heterocycles. The van der Waals surface area contributed by atoms with E-state index in [1.807, 2.05) is 17.7 Å². The maximum absolute atomic E-state index is 12.2. The smallest absolute Gasteiger partial charge is 0.245 e. The van der Waals surface area contributed by atoms with Crippen LogP contribution in [0.2, 0.25) is 0 Å². The fourth-order valence-corrected chi connectivity index (χ4v) is 2.31. The molecule has 19 heavy (non-hydrogen) atoms. The van der Waals surface area contributed by atoms with Crippen molar-refractivity contribution in [2.75, 3.05) is 6.54 Å². The van der Waals surface area contributed by atoms with Crippen LogP contribution < -0.4 is 5.32 Å². The molecule has 1 aromatic rings. The van der Waals surface area contributed by atoms with Gasteiger partial charge in [-0.3, -0.25) is 9.59 Å². The standard InChI is InChI=1S/C13H20N4O2/c1-3-11-13(19)17(10(2)12(18)15-11)7-4-6-16-8-5-14-9-16/h5,8-11H,3-4,6-7H2,1-2H3,(H,15,18). The van der Waals surface area contributed by atoms with Gasteiger partial charge < -0.3 is 14.8 Å². The van der Waals surface area contributed by atoms with Crippen molar-refractivity contribution in [1.82, 2.24) is 19.8 Å². The second-order valence-corrected chi connectivity index (χ2v) is 4.83. The van der Waals surface area contributed by atoms with Gasteiger partial charge in [0.05, 0.1) is 6.33 Å². The number of nitrogens with one attached hydrogen (secondary N) is 1. The lowest BCUT2D eigenvalue weighted by molar-refractivity contribution is -0.148.